The molecule has 0 N–H and O–H groups in total. The summed E-state index contributed by atoms with van der Waals surface area (Å²) >= 11 is 0. The van der Waals surface area contributed by atoms with Gasteiger partial charge in [-0.1, -0.05) is 6.08 Å². The van der Waals surface area contributed by atoms with Gasteiger partial charge in [0.2, 0.25) is 0 Å². The van der Waals surface area contributed by atoms with Gasteiger partial charge in [-0.25, -0.2) is 0 Å². The molecule has 0 unspecified atom stereocenters. The number of allylic oxidation sites excluding steroid dienone is 4. The maximum absolute atomic E-state index is 11.3. The Labute approximate surface area is 76.3 Å². The predicted octanol–water partition coefficient (Wildman–Crippen LogP) is 1.12. The van der Waals surface area contributed by atoms with Gasteiger partial charge in [0, 0.05) is 19.2 Å². The maximum atomic E-state index is 11.3. The highest BCUT2D eigenvalue weighted by atomic mass is 16.1. The second kappa shape index (κ2) is 2.91. The zero-order chi connectivity index (χ0) is 9.26. The van der Waals surface area contributed by atoms with Crippen molar-refractivity contribution in [3.63, 3.8) is 0 Å². The summed E-state index contributed by atoms with van der Waals surface area (Å²) in [6.07, 6.45) is 7.86. The van der Waals surface area contributed by atoms with Gasteiger partial charge in [0.1, 0.15) is 11.6 Å². The van der Waals surface area contributed by atoms with E-state index in [9.17, 15) is 4.79 Å². The number of hydrogen-bond acceptors (Lipinski definition) is 3. The molecule has 64 valence electrons. The fourth-order valence-corrected chi connectivity index (χ4v) is 1.51. The van der Waals surface area contributed by atoms with Crippen LogP contribution in [-0.4, -0.2) is 17.2 Å². The van der Waals surface area contributed by atoms with Crippen LogP contribution in [0.25, 0.3) is 0 Å². The van der Waals surface area contributed by atoms with Crippen LogP contribution in [0.1, 0.15) is 6.42 Å². The Balaban J connectivity index is 2.51. The average molecular weight is 172 g/mol. The van der Waals surface area contributed by atoms with Crippen molar-refractivity contribution in [2.24, 2.45) is 0 Å². The standard InChI is InChI=1S/C10H8N2O/c11-7-8-9-3-1-2-5-12(9)6-4-10(8)13/h1-3,5H,4,6H2. The molecule has 0 radical (unpaired) electrons. The number of nitrogens with zero attached hydrogens (tertiary/aromatic N) is 2. The SMILES string of the molecule is N#CC1=C2C=CC=CN2CCC1=O. The molecule has 2 heterocycles. The highest BCUT2D eigenvalue weighted by Crippen LogP contribution is 2.22. The number of carbonyl (C=O) groups is 1. The van der Waals surface area contributed by atoms with Crippen LogP contribution < -0.4 is 0 Å². The van der Waals surface area contributed by atoms with E-state index >= 15 is 0 Å². The first-order chi connectivity index (χ1) is 6.33. The number of ketones is 1. The summed E-state index contributed by atoms with van der Waals surface area (Å²) in [5.74, 6) is -0.0475. The van der Waals surface area contributed by atoms with Gasteiger partial charge in [-0.15, -0.1) is 0 Å². The van der Waals surface area contributed by atoms with Crippen molar-refractivity contribution in [3.8, 4) is 6.07 Å². The summed E-state index contributed by atoms with van der Waals surface area (Å²) in [5.41, 5.74) is 1.02. The molecule has 2 aliphatic heterocycles. The second-order valence-electron chi connectivity index (χ2n) is 2.94. The third-order valence-electron chi connectivity index (χ3n) is 2.17. The molecule has 0 amide bonds. The van der Waals surface area contributed by atoms with Crippen molar-refractivity contribution >= 4 is 5.78 Å². The van der Waals surface area contributed by atoms with Gasteiger partial charge in [-0.3, -0.25) is 4.79 Å². The lowest BCUT2D eigenvalue weighted by molar-refractivity contribution is -0.116. The molecule has 2 aliphatic rings. The predicted molar refractivity (Wildman–Crippen MR) is 47.2 cm³/mol. The minimum atomic E-state index is -0.0475. The number of rotatable bonds is 0. The zero-order valence-corrected chi connectivity index (χ0v) is 7.03. The molecule has 0 saturated carbocycles. The van der Waals surface area contributed by atoms with Crippen molar-refractivity contribution in [3.05, 3.63) is 35.7 Å². The van der Waals surface area contributed by atoms with E-state index in [4.69, 9.17) is 5.26 Å². The third kappa shape index (κ3) is 1.17. The van der Waals surface area contributed by atoms with E-state index in [2.05, 4.69) is 0 Å². The third-order valence-corrected chi connectivity index (χ3v) is 2.17. The van der Waals surface area contributed by atoms with Gasteiger partial charge in [0.05, 0.1) is 5.70 Å². The summed E-state index contributed by atoms with van der Waals surface area (Å²) in [6.45, 7) is 0.681. The van der Waals surface area contributed by atoms with E-state index in [0.29, 0.717) is 13.0 Å². The first-order valence-electron chi connectivity index (χ1n) is 4.12. The maximum Gasteiger partial charge on any atom is 0.177 e. The second-order valence-corrected chi connectivity index (χ2v) is 2.94. The summed E-state index contributed by atoms with van der Waals surface area (Å²) in [4.78, 5) is 13.2. The first-order valence-corrected chi connectivity index (χ1v) is 4.12. The fourth-order valence-electron chi connectivity index (χ4n) is 1.51. The van der Waals surface area contributed by atoms with E-state index in [1.54, 1.807) is 6.08 Å². The Kier molecular flexibility index (Phi) is 1.75. The highest BCUT2D eigenvalue weighted by molar-refractivity contribution is 6.01. The topological polar surface area (TPSA) is 44.1 Å². The molecule has 0 aromatic heterocycles. The zero-order valence-electron chi connectivity index (χ0n) is 7.03. The number of nitriles is 1. The van der Waals surface area contributed by atoms with E-state index in [1.807, 2.05) is 29.3 Å². The van der Waals surface area contributed by atoms with E-state index in [0.717, 1.165) is 5.70 Å². The lowest BCUT2D eigenvalue weighted by Gasteiger charge is -2.27. The van der Waals surface area contributed by atoms with Crippen molar-refractivity contribution in [1.29, 1.82) is 5.26 Å². The van der Waals surface area contributed by atoms with Gasteiger partial charge < -0.3 is 4.90 Å². The summed E-state index contributed by atoms with van der Waals surface area (Å²) < 4.78 is 0. The van der Waals surface area contributed by atoms with Crippen LogP contribution in [0.2, 0.25) is 0 Å². The van der Waals surface area contributed by atoms with Crippen LogP contribution in [0.15, 0.2) is 35.7 Å². The molecule has 0 saturated heterocycles. The molecule has 0 fully saturated rings. The molecule has 0 aliphatic carbocycles. The van der Waals surface area contributed by atoms with Gasteiger partial charge in [0.25, 0.3) is 0 Å². The Morgan fingerprint density at radius 3 is 3.08 bits per heavy atom. The van der Waals surface area contributed by atoms with Crippen molar-refractivity contribution in [2.75, 3.05) is 6.54 Å². The van der Waals surface area contributed by atoms with Gasteiger partial charge in [0.15, 0.2) is 5.78 Å². The Hall–Kier alpha value is -1.82. The van der Waals surface area contributed by atoms with Crippen LogP contribution in [0, 0.1) is 11.3 Å². The molecule has 13 heavy (non-hydrogen) atoms. The smallest absolute Gasteiger partial charge is 0.177 e. The molecule has 2 rings (SSSR count). The molecule has 3 nitrogen and oxygen atoms in total. The largest absolute Gasteiger partial charge is 0.346 e. The highest BCUT2D eigenvalue weighted by Gasteiger charge is 2.23. The Bertz CT molecular complexity index is 382. The van der Waals surface area contributed by atoms with E-state index in [1.165, 1.54) is 0 Å². The van der Waals surface area contributed by atoms with Gasteiger partial charge in [-0.2, -0.15) is 5.26 Å². The quantitative estimate of drug-likeness (QED) is 0.550. The van der Waals surface area contributed by atoms with E-state index < -0.39 is 0 Å². The Morgan fingerprint density at radius 2 is 2.31 bits per heavy atom. The lowest BCUT2D eigenvalue weighted by Crippen LogP contribution is -2.28. The lowest BCUT2D eigenvalue weighted by atomic mass is 10.0. The minimum Gasteiger partial charge on any atom is -0.346 e. The molecule has 0 atom stereocenters. The van der Waals surface area contributed by atoms with Gasteiger partial charge in [-0.05, 0) is 12.2 Å². The van der Waals surface area contributed by atoms with Crippen molar-refractivity contribution in [2.45, 2.75) is 6.42 Å². The molecular weight excluding hydrogens is 164 g/mol. The summed E-state index contributed by atoms with van der Waals surface area (Å²) in [7, 11) is 0. The number of Topliss-reactive ketones (excluding diaryl/α,β-unsaturated/α-hetero) is 1. The Morgan fingerprint density at radius 1 is 1.46 bits per heavy atom. The molecule has 0 bridgehead atoms. The average Bonchev–Trinajstić information content (AvgIpc) is 2.18. The molecular formula is C10H8N2O. The molecule has 0 aromatic rings. The minimum absolute atomic E-state index is 0.0475. The van der Waals surface area contributed by atoms with Crippen molar-refractivity contribution in [1.82, 2.24) is 4.90 Å². The van der Waals surface area contributed by atoms with Crippen LogP contribution in [0.4, 0.5) is 0 Å². The number of carbonyl (C=O) groups excluding carboxylic acids is 1. The van der Waals surface area contributed by atoms with Gasteiger partial charge >= 0.3 is 0 Å². The fraction of sp³-hybridized carbons (Fsp3) is 0.200. The molecule has 3 heteroatoms. The van der Waals surface area contributed by atoms with Crippen LogP contribution in [-0.2, 0) is 4.79 Å². The number of fused-ring (bicyclic) bond motifs is 1. The molecule has 0 aromatic carbocycles. The first kappa shape index (κ1) is 7.81. The van der Waals surface area contributed by atoms with Crippen LogP contribution in [0.3, 0.4) is 0 Å². The monoisotopic (exact) mass is 172 g/mol. The normalized spacial score (nSPS) is 20.2. The number of hydrogen-bond donors (Lipinski definition) is 0. The van der Waals surface area contributed by atoms with Crippen LogP contribution in [0.5, 0.6) is 0 Å². The summed E-state index contributed by atoms with van der Waals surface area (Å²) in [5, 5.41) is 8.79. The van der Waals surface area contributed by atoms with E-state index in [-0.39, 0.29) is 11.4 Å². The van der Waals surface area contributed by atoms with Crippen LogP contribution >= 0.6 is 0 Å². The van der Waals surface area contributed by atoms with Crippen molar-refractivity contribution < 1.29 is 4.79 Å². The summed E-state index contributed by atoms with van der Waals surface area (Å²) in [6, 6.07) is 1.96. The molecule has 0 spiro atoms.